The monoisotopic (exact) mass is 350 g/mol. The van der Waals surface area contributed by atoms with Gasteiger partial charge in [-0.05, 0) is 24.3 Å². The number of rotatable bonds is 4. The highest BCUT2D eigenvalue weighted by Gasteiger charge is 2.35. The molecule has 7 heteroatoms. The van der Waals surface area contributed by atoms with E-state index in [9.17, 15) is 14.4 Å². The second-order valence-electron chi connectivity index (χ2n) is 5.89. The number of carbonyl (C=O) groups excluding carboxylic acids is 3. The summed E-state index contributed by atoms with van der Waals surface area (Å²) in [5, 5.41) is 0. The molecule has 0 aliphatic carbocycles. The lowest BCUT2D eigenvalue weighted by atomic mass is 10.1. The zero-order valence-electron chi connectivity index (χ0n) is 13.9. The second kappa shape index (κ2) is 6.11. The van der Waals surface area contributed by atoms with Crippen LogP contribution in [0.15, 0.2) is 46.9 Å². The summed E-state index contributed by atoms with van der Waals surface area (Å²) in [6, 6.07) is 11.5. The maximum absolute atomic E-state index is 12.3. The molecule has 1 aliphatic rings. The van der Waals surface area contributed by atoms with Crippen LogP contribution < -0.4 is 4.74 Å². The zero-order chi connectivity index (χ0) is 18.3. The molecule has 7 nitrogen and oxygen atoms in total. The number of esters is 1. The number of imide groups is 1. The van der Waals surface area contributed by atoms with E-state index in [1.165, 1.54) is 0 Å². The van der Waals surface area contributed by atoms with Crippen LogP contribution in [0.4, 0.5) is 0 Å². The number of carbonyl (C=O) groups is 3. The summed E-state index contributed by atoms with van der Waals surface area (Å²) in [5.41, 5.74) is 1.91. The van der Waals surface area contributed by atoms with Crippen LogP contribution in [0.1, 0.15) is 33.0 Å². The molecule has 130 valence electrons. The third kappa shape index (κ3) is 2.73. The van der Waals surface area contributed by atoms with Gasteiger partial charge in [0.2, 0.25) is 0 Å². The highest BCUT2D eigenvalue weighted by molar-refractivity contribution is 6.21. The molecule has 0 unspecified atom stereocenters. The predicted octanol–water partition coefficient (Wildman–Crippen LogP) is 2.73. The van der Waals surface area contributed by atoms with Gasteiger partial charge < -0.3 is 9.15 Å². The van der Waals surface area contributed by atoms with Crippen LogP contribution in [-0.2, 0) is 4.79 Å². The molecule has 0 radical (unpaired) electrons. The van der Waals surface area contributed by atoms with Gasteiger partial charge >= 0.3 is 5.97 Å². The number of nitrogens with zero attached hydrogens (tertiary/aromatic N) is 2. The molecular weight excluding hydrogens is 336 g/mol. The van der Waals surface area contributed by atoms with E-state index in [1.807, 2.05) is 0 Å². The van der Waals surface area contributed by atoms with E-state index >= 15 is 0 Å². The minimum atomic E-state index is -0.544. The molecule has 0 atom stereocenters. The fraction of sp³-hybridized carbons (Fsp3) is 0.158. The summed E-state index contributed by atoms with van der Waals surface area (Å²) in [6.45, 7) is 1.70. The normalized spacial score (nSPS) is 13.3. The molecule has 0 bridgehead atoms. The Bertz CT molecular complexity index is 1020. The number of oxazole rings is 1. The average Bonchev–Trinajstić information content (AvgIpc) is 3.11. The largest absolute Gasteiger partial charge is 0.441 e. The van der Waals surface area contributed by atoms with Crippen molar-refractivity contribution in [1.82, 2.24) is 9.88 Å². The number of hydrogen-bond donors (Lipinski definition) is 0. The van der Waals surface area contributed by atoms with Gasteiger partial charge in [0.15, 0.2) is 11.5 Å². The van der Waals surface area contributed by atoms with E-state index in [-0.39, 0.29) is 13.0 Å². The second-order valence-corrected chi connectivity index (χ2v) is 5.89. The molecular formula is C19H14N2O5. The van der Waals surface area contributed by atoms with Crippen LogP contribution in [0, 0.1) is 6.92 Å². The van der Waals surface area contributed by atoms with Crippen molar-refractivity contribution in [2.24, 2.45) is 0 Å². The molecule has 0 saturated heterocycles. The van der Waals surface area contributed by atoms with Crippen molar-refractivity contribution in [1.29, 1.82) is 0 Å². The number of fused-ring (bicyclic) bond motifs is 2. The Morgan fingerprint density at radius 1 is 1.12 bits per heavy atom. The predicted molar refractivity (Wildman–Crippen MR) is 90.8 cm³/mol. The molecule has 0 N–H and O–H groups in total. The highest BCUT2D eigenvalue weighted by Crippen LogP contribution is 2.24. The van der Waals surface area contributed by atoms with Crippen LogP contribution in [0.25, 0.3) is 11.1 Å². The number of ether oxygens (including phenoxy) is 1. The topological polar surface area (TPSA) is 89.7 Å². The molecule has 2 aromatic carbocycles. The first kappa shape index (κ1) is 16.0. The number of hydrogen-bond acceptors (Lipinski definition) is 6. The average molecular weight is 350 g/mol. The maximum Gasteiger partial charge on any atom is 0.313 e. The number of aryl methyl sites for hydroxylation is 1. The molecule has 4 rings (SSSR count). The van der Waals surface area contributed by atoms with Crippen LogP contribution in [0.3, 0.4) is 0 Å². The van der Waals surface area contributed by atoms with Crippen LogP contribution in [0.5, 0.6) is 5.75 Å². The van der Waals surface area contributed by atoms with E-state index in [2.05, 4.69) is 4.98 Å². The van der Waals surface area contributed by atoms with Crippen molar-refractivity contribution >= 4 is 28.9 Å². The van der Waals surface area contributed by atoms with Gasteiger partial charge in [0.05, 0.1) is 17.5 Å². The first-order chi connectivity index (χ1) is 12.5. The molecule has 0 saturated carbocycles. The molecule has 3 aromatic rings. The Hall–Kier alpha value is -3.48. The van der Waals surface area contributed by atoms with Gasteiger partial charge in [-0.15, -0.1) is 0 Å². The summed E-state index contributed by atoms with van der Waals surface area (Å²) in [7, 11) is 0. The standard InChI is InChI=1S/C19H14N2O5/c1-11-20-15-7-6-12(10-16(15)25-11)26-17(22)8-9-21-18(23)13-4-2-3-5-14(13)19(21)24/h2-7,10H,8-9H2,1H3. The number of amides is 2. The summed E-state index contributed by atoms with van der Waals surface area (Å²) in [5.74, 6) is -0.485. The van der Waals surface area contributed by atoms with E-state index in [0.717, 1.165) is 4.90 Å². The zero-order valence-corrected chi connectivity index (χ0v) is 13.9. The van der Waals surface area contributed by atoms with E-state index in [0.29, 0.717) is 33.9 Å². The van der Waals surface area contributed by atoms with Crippen molar-refractivity contribution in [2.45, 2.75) is 13.3 Å². The highest BCUT2D eigenvalue weighted by atomic mass is 16.5. The van der Waals surface area contributed by atoms with Gasteiger partial charge in [-0.1, -0.05) is 12.1 Å². The molecule has 26 heavy (non-hydrogen) atoms. The lowest BCUT2D eigenvalue weighted by Crippen LogP contribution is -2.32. The third-order valence-corrected chi connectivity index (χ3v) is 4.12. The quantitative estimate of drug-likeness (QED) is 0.408. The number of aromatic nitrogens is 1. The summed E-state index contributed by atoms with van der Waals surface area (Å²) in [4.78, 5) is 41.8. The SMILES string of the molecule is Cc1nc2ccc(OC(=O)CCN3C(=O)c4ccccc4C3=O)cc2o1. The Balaban J connectivity index is 1.41. The van der Waals surface area contributed by atoms with E-state index in [4.69, 9.17) is 9.15 Å². The van der Waals surface area contributed by atoms with Crippen LogP contribution in [-0.4, -0.2) is 34.2 Å². The third-order valence-electron chi connectivity index (χ3n) is 4.12. The summed E-state index contributed by atoms with van der Waals surface area (Å²) in [6.07, 6.45) is -0.0983. The minimum Gasteiger partial charge on any atom is -0.441 e. The summed E-state index contributed by atoms with van der Waals surface area (Å²) < 4.78 is 10.7. The molecule has 0 spiro atoms. The van der Waals surface area contributed by atoms with Crippen molar-refractivity contribution in [3.05, 3.63) is 59.5 Å². The van der Waals surface area contributed by atoms with Crippen LogP contribution in [0.2, 0.25) is 0 Å². The van der Waals surface area contributed by atoms with Crippen molar-refractivity contribution in [2.75, 3.05) is 6.54 Å². The first-order valence-electron chi connectivity index (χ1n) is 8.06. The van der Waals surface area contributed by atoms with Gasteiger partial charge in [0, 0.05) is 19.5 Å². The maximum atomic E-state index is 12.3. The Morgan fingerprint density at radius 2 is 1.81 bits per heavy atom. The summed E-state index contributed by atoms with van der Waals surface area (Å²) >= 11 is 0. The Morgan fingerprint density at radius 3 is 2.50 bits per heavy atom. The van der Waals surface area contributed by atoms with Crippen molar-refractivity contribution in [3.8, 4) is 5.75 Å². The fourth-order valence-corrected chi connectivity index (χ4v) is 2.91. The minimum absolute atomic E-state index is 0.0329. The first-order valence-corrected chi connectivity index (χ1v) is 8.06. The van der Waals surface area contributed by atoms with Crippen molar-refractivity contribution < 1.29 is 23.5 Å². The van der Waals surface area contributed by atoms with Gasteiger partial charge in [-0.25, -0.2) is 4.98 Å². The molecule has 2 amide bonds. The van der Waals surface area contributed by atoms with E-state index in [1.54, 1.807) is 49.4 Å². The van der Waals surface area contributed by atoms with Gasteiger partial charge in [0.25, 0.3) is 11.8 Å². The van der Waals surface area contributed by atoms with Crippen LogP contribution >= 0.6 is 0 Å². The Kier molecular flexibility index (Phi) is 3.76. The van der Waals surface area contributed by atoms with Crippen molar-refractivity contribution in [3.63, 3.8) is 0 Å². The molecule has 1 aliphatic heterocycles. The molecule has 2 heterocycles. The van der Waals surface area contributed by atoms with Gasteiger partial charge in [-0.2, -0.15) is 0 Å². The Labute approximate surface area is 148 Å². The molecule has 1 aromatic heterocycles. The smallest absolute Gasteiger partial charge is 0.313 e. The lowest BCUT2D eigenvalue weighted by molar-refractivity contribution is -0.134. The van der Waals surface area contributed by atoms with E-state index < -0.39 is 17.8 Å². The van der Waals surface area contributed by atoms with Gasteiger partial charge in [0.1, 0.15) is 11.3 Å². The lowest BCUT2D eigenvalue weighted by Gasteiger charge is -2.13. The number of benzene rings is 2. The fourth-order valence-electron chi connectivity index (χ4n) is 2.91. The van der Waals surface area contributed by atoms with Gasteiger partial charge in [-0.3, -0.25) is 19.3 Å². The molecule has 0 fully saturated rings.